The van der Waals surface area contributed by atoms with Crippen LogP contribution in [0.5, 0.6) is 5.75 Å². The minimum atomic E-state index is -0.141. The zero-order valence-electron chi connectivity index (χ0n) is 9.90. The van der Waals surface area contributed by atoms with Crippen molar-refractivity contribution in [3.63, 3.8) is 0 Å². The normalized spacial score (nSPS) is 9.94. The summed E-state index contributed by atoms with van der Waals surface area (Å²) in [6.45, 7) is 5.98. The lowest BCUT2D eigenvalue weighted by molar-refractivity contribution is 0.0955. The Morgan fingerprint density at radius 2 is 2.35 bits per heavy atom. The molecule has 17 heavy (non-hydrogen) atoms. The monoisotopic (exact) mass is 251 g/mol. The Bertz CT molecular complexity index is 404. The van der Waals surface area contributed by atoms with Crippen molar-refractivity contribution in [2.24, 2.45) is 0 Å². The quantitative estimate of drug-likeness (QED) is 0.602. The van der Waals surface area contributed by atoms with Crippen molar-refractivity contribution < 1.29 is 9.90 Å². The highest BCUT2D eigenvalue weighted by molar-refractivity contribution is 7.99. The van der Waals surface area contributed by atoms with E-state index in [1.54, 1.807) is 36.9 Å². The number of hydrogen-bond acceptors (Lipinski definition) is 3. The highest BCUT2D eigenvalue weighted by Gasteiger charge is 2.10. The molecule has 0 aliphatic rings. The third kappa shape index (κ3) is 4.15. The number of rotatable bonds is 6. The highest BCUT2D eigenvalue weighted by Crippen LogP contribution is 2.19. The van der Waals surface area contributed by atoms with E-state index < -0.39 is 0 Å². The number of aromatic hydroxyl groups is 1. The third-order valence-electron chi connectivity index (χ3n) is 2.32. The molecular formula is C13H17NO2S. The smallest absolute Gasteiger partial charge is 0.251 e. The maximum absolute atomic E-state index is 11.8. The van der Waals surface area contributed by atoms with Gasteiger partial charge in [-0.05, 0) is 19.1 Å². The number of nitrogens with one attached hydrogen (secondary N) is 1. The molecule has 1 aromatic carbocycles. The van der Waals surface area contributed by atoms with E-state index in [4.69, 9.17) is 0 Å². The van der Waals surface area contributed by atoms with Gasteiger partial charge in [-0.2, -0.15) is 11.8 Å². The SMILES string of the molecule is C=CCSCCNC(=O)c1cccc(O)c1C. The molecule has 0 heterocycles. The van der Waals surface area contributed by atoms with Gasteiger partial charge in [-0.3, -0.25) is 4.79 Å². The summed E-state index contributed by atoms with van der Waals surface area (Å²) >= 11 is 1.72. The van der Waals surface area contributed by atoms with E-state index in [0.717, 1.165) is 11.5 Å². The average molecular weight is 251 g/mol. The molecule has 3 nitrogen and oxygen atoms in total. The van der Waals surface area contributed by atoms with Crippen LogP contribution in [0.15, 0.2) is 30.9 Å². The Labute approximate surface area is 106 Å². The molecule has 1 amide bonds. The van der Waals surface area contributed by atoms with Gasteiger partial charge >= 0.3 is 0 Å². The molecule has 92 valence electrons. The summed E-state index contributed by atoms with van der Waals surface area (Å²) in [6.07, 6.45) is 1.84. The van der Waals surface area contributed by atoms with Crippen LogP contribution in [0.25, 0.3) is 0 Å². The summed E-state index contributed by atoms with van der Waals surface area (Å²) in [7, 11) is 0. The van der Waals surface area contributed by atoms with Crippen LogP contribution in [0.1, 0.15) is 15.9 Å². The Morgan fingerprint density at radius 1 is 1.59 bits per heavy atom. The van der Waals surface area contributed by atoms with E-state index in [0.29, 0.717) is 17.7 Å². The number of carbonyl (C=O) groups is 1. The molecule has 0 aliphatic carbocycles. The fourth-order valence-electron chi connectivity index (χ4n) is 1.37. The second kappa shape index (κ2) is 7.01. The van der Waals surface area contributed by atoms with Crippen LogP contribution in [0, 0.1) is 6.92 Å². The summed E-state index contributed by atoms with van der Waals surface area (Å²) in [4.78, 5) is 11.8. The van der Waals surface area contributed by atoms with Gasteiger partial charge in [0.1, 0.15) is 5.75 Å². The number of thioether (sulfide) groups is 1. The lowest BCUT2D eigenvalue weighted by atomic mass is 10.1. The molecule has 0 atom stereocenters. The molecule has 0 fully saturated rings. The van der Waals surface area contributed by atoms with Crippen LogP contribution < -0.4 is 5.32 Å². The van der Waals surface area contributed by atoms with Crippen LogP contribution in [0.4, 0.5) is 0 Å². The molecule has 0 saturated carbocycles. The fraction of sp³-hybridized carbons (Fsp3) is 0.308. The van der Waals surface area contributed by atoms with Gasteiger partial charge in [0.15, 0.2) is 0 Å². The van der Waals surface area contributed by atoms with E-state index in [2.05, 4.69) is 11.9 Å². The van der Waals surface area contributed by atoms with Gasteiger partial charge in [-0.1, -0.05) is 12.1 Å². The standard InChI is InChI=1S/C13H17NO2S/c1-3-8-17-9-7-14-13(16)11-5-4-6-12(15)10(11)2/h3-6,15H,1,7-9H2,2H3,(H,14,16). The number of hydrogen-bond donors (Lipinski definition) is 2. The molecule has 0 saturated heterocycles. The molecule has 0 aromatic heterocycles. The summed E-state index contributed by atoms with van der Waals surface area (Å²) in [5, 5.41) is 12.3. The molecule has 0 unspecified atom stereocenters. The summed E-state index contributed by atoms with van der Waals surface area (Å²) in [6, 6.07) is 4.96. The minimum Gasteiger partial charge on any atom is -0.508 e. The van der Waals surface area contributed by atoms with Gasteiger partial charge in [0.05, 0.1) is 0 Å². The average Bonchev–Trinajstić information content (AvgIpc) is 2.32. The van der Waals surface area contributed by atoms with Crippen LogP contribution in [-0.4, -0.2) is 29.1 Å². The van der Waals surface area contributed by atoms with E-state index in [1.807, 2.05) is 6.08 Å². The summed E-state index contributed by atoms with van der Waals surface area (Å²) in [5.41, 5.74) is 1.14. The van der Waals surface area contributed by atoms with E-state index in [-0.39, 0.29) is 11.7 Å². The first-order valence-corrected chi connectivity index (χ1v) is 6.57. The van der Waals surface area contributed by atoms with E-state index in [1.165, 1.54) is 0 Å². The predicted octanol–water partition coefficient (Wildman–Crippen LogP) is 2.35. The van der Waals surface area contributed by atoms with E-state index in [9.17, 15) is 9.90 Å². The number of benzene rings is 1. The molecular weight excluding hydrogens is 234 g/mol. The van der Waals surface area contributed by atoms with Crippen LogP contribution >= 0.6 is 11.8 Å². The molecule has 0 spiro atoms. The lowest BCUT2D eigenvalue weighted by Crippen LogP contribution is -2.26. The molecule has 1 aromatic rings. The van der Waals surface area contributed by atoms with Crippen molar-refractivity contribution in [2.45, 2.75) is 6.92 Å². The summed E-state index contributed by atoms with van der Waals surface area (Å²) in [5.74, 6) is 1.76. The fourth-order valence-corrected chi connectivity index (χ4v) is 1.95. The van der Waals surface area contributed by atoms with Crippen molar-refractivity contribution in [1.82, 2.24) is 5.32 Å². The van der Waals surface area contributed by atoms with Crippen molar-refractivity contribution >= 4 is 17.7 Å². The van der Waals surface area contributed by atoms with Crippen LogP contribution in [0.2, 0.25) is 0 Å². The Kier molecular flexibility index (Phi) is 5.63. The molecule has 0 bridgehead atoms. The first kappa shape index (κ1) is 13.6. The molecule has 2 N–H and O–H groups in total. The topological polar surface area (TPSA) is 49.3 Å². The number of phenols is 1. The van der Waals surface area contributed by atoms with Crippen LogP contribution in [0.3, 0.4) is 0 Å². The second-order valence-electron chi connectivity index (χ2n) is 3.57. The van der Waals surface area contributed by atoms with Gasteiger partial charge in [0.2, 0.25) is 0 Å². The van der Waals surface area contributed by atoms with Gasteiger partial charge < -0.3 is 10.4 Å². The lowest BCUT2D eigenvalue weighted by Gasteiger charge is -2.08. The first-order valence-electron chi connectivity index (χ1n) is 5.42. The maximum Gasteiger partial charge on any atom is 0.251 e. The molecule has 4 heteroatoms. The molecule has 0 aliphatic heterocycles. The zero-order valence-corrected chi connectivity index (χ0v) is 10.7. The zero-order chi connectivity index (χ0) is 12.7. The predicted molar refractivity (Wildman–Crippen MR) is 72.7 cm³/mol. The van der Waals surface area contributed by atoms with Gasteiger partial charge in [0, 0.05) is 29.2 Å². The summed E-state index contributed by atoms with van der Waals surface area (Å²) < 4.78 is 0. The molecule has 0 radical (unpaired) electrons. The Balaban J connectivity index is 2.47. The van der Waals surface area contributed by atoms with Gasteiger partial charge in [-0.25, -0.2) is 0 Å². The Morgan fingerprint density at radius 3 is 3.06 bits per heavy atom. The third-order valence-corrected chi connectivity index (χ3v) is 3.28. The Hall–Kier alpha value is -1.42. The number of amides is 1. The number of carbonyl (C=O) groups excluding carboxylic acids is 1. The molecule has 1 rings (SSSR count). The van der Waals surface area contributed by atoms with Crippen molar-refractivity contribution in [1.29, 1.82) is 0 Å². The van der Waals surface area contributed by atoms with Crippen molar-refractivity contribution in [3.05, 3.63) is 42.0 Å². The van der Waals surface area contributed by atoms with Crippen molar-refractivity contribution in [2.75, 3.05) is 18.1 Å². The second-order valence-corrected chi connectivity index (χ2v) is 4.72. The maximum atomic E-state index is 11.8. The number of phenolic OH excluding ortho intramolecular Hbond substituents is 1. The minimum absolute atomic E-state index is 0.141. The largest absolute Gasteiger partial charge is 0.508 e. The highest BCUT2D eigenvalue weighted by atomic mass is 32.2. The first-order chi connectivity index (χ1) is 8.16. The van der Waals surface area contributed by atoms with Crippen LogP contribution in [-0.2, 0) is 0 Å². The van der Waals surface area contributed by atoms with Crippen molar-refractivity contribution in [3.8, 4) is 5.75 Å². The van der Waals surface area contributed by atoms with Gasteiger partial charge in [-0.15, -0.1) is 6.58 Å². The van der Waals surface area contributed by atoms with E-state index >= 15 is 0 Å². The van der Waals surface area contributed by atoms with Gasteiger partial charge in [0.25, 0.3) is 5.91 Å².